The molecule has 0 amide bonds. The summed E-state index contributed by atoms with van der Waals surface area (Å²) in [5, 5.41) is 0.577. The minimum atomic E-state index is -0.541. The van der Waals surface area contributed by atoms with E-state index in [0.717, 1.165) is 11.1 Å². The second-order valence-corrected chi connectivity index (χ2v) is 6.38. The number of benzene rings is 3. The van der Waals surface area contributed by atoms with Crippen molar-refractivity contribution in [2.45, 2.75) is 13.5 Å². The molecule has 0 aliphatic carbocycles. The summed E-state index contributed by atoms with van der Waals surface area (Å²) in [6.45, 7) is 2.04. The maximum Gasteiger partial charge on any atom is 0.339 e. The fourth-order valence-corrected chi connectivity index (χ4v) is 2.79. The van der Waals surface area contributed by atoms with E-state index in [4.69, 9.17) is 16.3 Å². The van der Waals surface area contributed by atoms with E-state index in [1.165, 1.54) is 0 Å². The Labute approximate surface area is 157 Å². The summed E-state index contributed by atoms with van der Waals surface area (Å²) in [6.07, 6.45) is 0. The minimum Gasteiger partial charge on any atom is -0.457 e. The number of esters is 1. The number of hydrogen-bond acceptors (Lipinski definition) is 3. The van der Waals surface area contributed by atoms with Crippen LogP contribution in [0.5, 0.6) is 0 Å². The number of rotatable bonds is 5. The van der Waals surface area contributed by atoms with Gasteiger partial charge in [0.05, 0.1) is 5.56 Å². The van der Waals surface area contributed by atoms with E-state index in [-0.39, 0.29) is 18.0 Å². The van der Waals surface area contributed by atoms with Gasteiger partial charge in [0.2, 0.25) is 0 Å². The molecule has 0 fully saturated rings. The molecule has 0 spiro atoms. The summed E-state index contributed by atoms with van der Waals surface area (Å²) in [5.74, 6) is -0.749. The van der Waals surface area contributed by atoms with Crippen molar-refractivity contribution in [3.05, 3.63) is 106 Å². The number of ketones is 1. The Bertz CT molecular complexity index is 946. The molecule has 130 valence electrons. The third kappa shape index (κ3) is 4.19. The smallest absolute Gasteiger partial charge is 0.339 e. The Kier molecular flexibility index (Phi) is 5.49. The molecule has 0 bridgehead atoms. The first-order chi connectivity index (χ1) is 12.5. The molecule has 0 unspecified atom stereocenters. The van der Waals surface area contributed by atoms with E-state index in [9.17, 15) is 9.59 Å². The van der Waals surface area contributed by atoms with Gasteiger partial charge in [-0.25, -0.2) is 4.79 Å². The van der Waals surface area contributed by atoms with Crippen LogP contribution in [0.25, 0.3) is 0 Å². The topological polar surface area (TPSA) is 43.4 Å². The van der Waals surface area contributed by atoms with Crippen molar-refractivity contribution in [3.8, 4) is 0 Å². The summed E-state index contributed by atoms with van der Waals surface area (Å²) in [5.41, 5.74) is 2.96. The van der Waals surface area contributed by atoms with Gasteiger partial charge in [-0.05, 0) is 30.7 Å². The Morgan fingerprint density at radius 2 is 1.58 bits per heavy atom. The molecule has 0 heterocycles. The largest absolute Gasteiger partial charge is 0.457 e. The van der Waals surface area contributed by atoms with Crippen LogP contribution in [0.2, 0.25) is 5.02 Å². The molecule has 0 aliphatic heterocycles. The van der Waals surface area contributed by atoms with E-state index >= 15 is 0 Å². The van der Waals surface area contributed by atoms with E-state index in [0.29, 0.717) is 16.1 Å². The van der Waals surface area contributed by atoms with E-state index in [2.05, 4.69) is 0 Å². The molecular weight excluding hydrogens is 348 g/mol. The maximum absolute atomic E-state index is 12.8. The van der Waals surface area contributed by atoms with Crippen LogP contribution >= 0.6 is 11.6 Å². The number of hydrogen-bond donors (Lipinski definition) is 0. The van der Waals surface area contributed by atoms with Gasteiger partial charge in [-0.3, -0.25) is 4.79 Å². The molecule has 0 N–H and O–H groups in total. The van der Waals surface area contributed by atoms with Crippen molar-refractivity contribution in [3.63, 3.8) is 0 Å². The van der Waals surface area contributed by atoms with Gasteiger partial charge < -0.3 is 4.74 Å². The zero-order chi connectivity index (χ0) is 18.5. The second-order valence-electron chi connectivity index (χ2n) is 5.95. The highest BCUT2D eigenvalue weighted by atomic mass is 35.5. The maximum atomic E-state index is 12.8. The van der Waals surface area contributed by atoms with Crippen LogP contribution in [0.3, 0.4) is 0 Å². The number of ether oxygens (including phenoxy) is 1. The first-order valence-corrected chi connectivity index (χ1v) is 8.54. The van der Waals surface area contributed by atoms with Crippen LogP contribution < -0.4 is 0 Å². The molecule has 4 heteroatoms. The van der Waals surface area contributed by atoms with E-state index in [1.54, 1.807) is 54.6 Å². The fourth-order valence-electron chi connectivity index (χ4n) is 2.57. The summed E-state index contributed by atoms with van der Waals surface area (Å²) >= 11 is 5.94. The fraction of sp³-hybridized carbons (Fsp3) is 0.0909. The first-order valence-electron chi connectivity index (χ1n) is 8.16. The summed E-state index contributed by atoms with van der Waals surface area (Å²) in [7, 11) is 0. The third-order valence-electron chi connectivity index (χ3n) is 3.96. The highest BCUT2D eigenvalue weighted by molar-refractivity contribution is 6.30. The van der Waals surface area contributed by atoms with Gasteiger partial charge in [-0.15, -0.1) is 0 Å². The highest BCUT2D eigenvalue weighted by Gasteiger charge is 2.19. The van der Waals surface area contributed by atoms with Crippen molar-refractivity contribution in [2.75, 3.05) is 0 Å². The van der Waals surface area contributed by atoms with Crippen molar-refractivity contribution in [1.29, 1.82) is 0 Å². The van der Waals surface area contributed by atoms with Crippen molar-refractivity contribution < 1.29 is 14.3 Å². The molecule has 0 saturated heterocycles. The molecule has 3 aromatic carbocycles. The van der Waals surface area contributed by atoms with Crippen LogP contribution in [0.1, 0.15) is 37.4 Å². The van der Waals surface area contributed by atoms with Gasteiger partial charge in [0.1, 0.15) is 6.61 Å². The molecular formula is C22H17ClO3. The lowest BCUT2D eigenvalue weighted by Gasteiger charge is -2.10. The number of aryl methyl sites for hydroxylation is 1. The van der Waals surface area contributed by atoms with Crippen LogP contribution in [0.15, 0.2) is 72.8 Å². The molecule has 0 aliphatic rings. The SMILES string of the molecule is Cc1ccc(C(=O)c2ccccc2C(=O)OCc2cccc(Cl)c2)cc1. The van der Waals surface area contributed by atoms with Gasteiger partial charge in [0.25, 0.3) is 0 Å². The Balaban J connectivity index is 1.81. The predicted octanol–water partition coefficient (Wildman–Crippen LogP) is 5.24. The monoisotopic (exact) mass is 364 g/mol. The van der Waals surface area contributed by atoms with Crippen molar-refractivity contribution in [1.82, 2.24) is 0 Å². The van der Waals surface area contributed by atoms with E-state index in [1.807, 2.05) is 25.1 Å². The predicted molar refractivity (Wildman–Crippen MR) is 102 cm³/mol. The quantitative estimate of drug-likeness (QED) is 0.459. The Morgan fingerprint density at radius 1 is 0.885 bits per heavy atom. The molecule has 0 radical (unpaired) electrons. The van der Waals surface area contributed by atoms with Gasteiger partial charge in [0, 0.05) is 16.1 Å². The Hall–Kier alpha value is -2.91. The lowest BCUT2D eigenvalue weighted by Crippen LogP contribution is -2.12. The molecule has 3 aromatic rings. The lowest BCUT2D eigenvalue weighted by molar-refractivity contribution is 0.0470. The summed E-state index contributed by atoms with van der Waals surface area (Å²) in [4.78, 5) is 25.3. The van der Waals surface area contributed by atoms with Crippen LogP contribution in [-0.2, 0) is 11.3 Å². The van der Waals surface area contributed by atoms with E-state index < -0.39 is 5.97 Å². The molecule has 0 saturated carbocycles. The summed E-state index contributed by atoms with van der Waals surface area (Å²) < 4.78 is 5.37. The Morgan fingerprint density at radius 3 is 2.27 bits per heavy atom. The van der Waals surface area contributed by atoms with Crippen molar-refractivity contribution >= 4 is 23.4 Å². The van der Waals surface area contributed by atoms with Crippen LogP contribution in [0.4, 0.5) is 0 Å². The number of halogens is 1. The van der Waals surface area contributed by atoms with Crippen molar-refractivity contribution in [2.24, 2.45) is 0 Å². The second kappa shape index (κ2) is 7.98. The van der Waals surface area contributed by atoms with Crippen LogP contribution in [0, 0.1) is 6.92 Å². The normalized spacial score (nSPS) is 10.4. The van der Waals surface area contributed by atoms with Crippen LogP contribution in [-0.4, -0.2) is 11.8 Å². The van der Waals surface area contributed by atoms with Gasteiger partial charge in [0.15, 0.2) is 5.78 Å². The summed E-state index contributed by atoms with van der Waals surface area (Å²) in [6, 6.07) is 21.0. The number of carbonyl (C=O) groups excluding carboxylic acids is 2. The molecule has 3 nitrogen and oxygen atoms in total. The zero-order valence-electron chi connectivity index (χ0n) is 14.2. The standard InChI is InChI=1S/C22H17ClO3/c1-15-9-11-17(12-10-15)21(24)19-7-2-3-8-20(19)22(25)26-14-16-5-4-6-18(23)13-16/h2-13H,14H2,1H3. The molecule has 3 rings (SSSR count). The van der Waals surface area contributed by atoms with Gasteiger partial charge >= 0.3 is 5.97 Å². The zero-order valence-corrected chi connectivity index (χ0v) is 15.0. The van der Waals surface area contributed by atoms with Gasteiger partial charge in [-0.2, -0.15) is 0 Å². The highest BCUT2D eigenvalue weighted by Crippen LogP contribution is 2.18. The molecule has 0 atom stereocenters. The molecule has 0 aromatic heterocycles. The third-order valence-corrected chi connectivity index (χ3v) is 4.20. The number of carbonyl (C=O) groups is 2. The lowest BCUT2D eigenvalue weighted by atomic mass is 9.98. The molecule has 26 heavy (non-hydrogen) atoms. The van der Waals surface area contributed by atoms with Gasteiger partial charge in [-0.1, -0.05) is 71.8 Å². The first kappa shape index (κ1) is 17.9. The average Bonchev–Trinajstić information content (AvgIpc) is 2.66. The minimum absolute atomic E-state index is 0.0897. The average molecular weight is 365 g/mol.